The van der Waals surface area contributed by atoms with E-state index in [9.17, 15) is 4.79 Å². The van der Waals surface area contributed by atoms with Crippen molar-refractivity contribution >= 4 is 17.4 Å². The monoisotopic (exact) mass is 338 g/mol. The van der Waals surface area contributed by atoms with Crippen LogP contribution in [0.25, 0.3) is 0 Å². The molecule has 0 unspecified atom stereocenters. The van der Waals surface area contributed by atoms with E-state index in [0.717, 1.165) is 19.4 Å². The first-order valence-corrected chi connectivity index (χ1v) is 9.33. The minimum absolute atomic E-state index is 0.0917. The molecule has 6 heteroatoms. The predicted molar refractivity (Wildman–Crippen MR) is 90.7 cm³/mol. The molecule has 2 amide bonds. The van der Waals surface area contributed by atoms with E-state index in [0.29, 0.717) is 26.2 Å². The summed E-state index contributed by atoms with van der Waals surface area (Å²) in [4.78, 5) is 18.1. The Labute approximate surface area is 142 Å². The molecule has 2 aliphatic heterocycles. The average molecular weight is 338 g/mol. The highest BCUT2D eigenvalue weighted by molar-refractivity contribution is 7.09. The van der Waals surface area contributed by atoms with Gasteiger partial charge >= 0.3 is 6.03 Å². The molecule has 0 aromatic carbocycles. The molecule has 0 bridgehead atoms. The van der Waals surface area contributed by atoms with Crippen LogP contribution in [0.5, 0.6) is 0 Å². The largest absolute Gasteiger partial charge is 0.376 e. The lowest BCUT2D eigenvalue weighted by molar-refractivity contribution is -0.0594. The van der Waals surface area contributed by atoms with Crippen LogP contribution in [0.4, 0.5) is 4.79 Å². The number of hydrogen-bond acceptors (Lipinski definition) is 4. The van der Waals surface area contributed by atoms with E-state index in [-0.39, 0.29) is 24.3 Å². The van der Waals surface area contributed by atoms with E-state index in [1.54, 1.807) is 11.3 Å². The van der Waals surface area contributed by atoms with Gasteiger partial charge < -0.3 is 19.3 Å². The lowest BCUT2D eigenvalue weighted by Crippen LogP contribution is -2.53. The highest BCUT2D eigenvalue weighted by Gasteiger charge is 2.31. The summed E-state index contributed by atoms with van der Waals surface area (Å²) in [6.45, 7) is 7.54. The molecule has 5 nitrogen and oxygen atoms in total. The number of nitrogens with zero attached hydrogens (tertiary/aromatic N) is 2. The summed E-state index contributed by atoms with van der Waals surface area (Å²) in [7, 11) is 0. The summed E-state index contributed by atoms with van der Waals surface area (Å²) in [5.41, 5.74) is 0. The minimum Gasteiger partial charge on any atom is -0.376 e. The molecule has 1 aromatic heterocycles. The molecule has 2 fully saturated rings. The van der Waals surface area contributed by atoms with Crippen LogP contribution in [-0.2, 0) is 16.0 Å². The Morgan fingerprint density at radius 3 is 2.78 bits per heavy atom. The second kappa shape index (κ2) is 7.64. The number of thiophene rings is 1. The molecule has 0 N–H and O–H groups in total. The first-order valence-electron chi connectivity index (χ1n) is 8.45. The van der Waals surface area contributed by atoms with Crippen LogP contribution in [0.2, 0.25) is 0 Å². The van der Waals surface area contributed by atoms with Gasteiger partial charge in [0.2, 0.25) is 0 Å². The fourth-order valence-corrected chi connectivity index (χ4v) is 4.09. The van der Waals surface area contributed by atoms with Gasteiger partial charge in [0.1, 0.15) is 0 Å². The lowest BCUT2D eigenvalue weighted by Gasteiger charge is -2.38. The SMILES string of the molecule is C[C@@H]1CN(C(=O)N(Cc2cccs2)C[C@@H]2CCCO2)C[C@H](C)O1. The van der Waals surface area contributed by atoms with Crippen molar-refractivity contribution in [3.63, 3.8) is 0 Å². The Kier molecular flexibility index (Phi) is 5.56. The molecule has 0 spiro atoms. The third-order valence-electron chi connectivity index (χ3n) is 4.34. The van der Waals surface area contributed by atoms with E-state index in [1.807, 2.05) is 29.7 Å². The number of carbonyl (C=O) groups excluding carboxylic acids is 1. The summed E-state index contributed by atoms with van der Waals surface area (Å²) < 4.78 is 11.5. The van der Waals surface area contributed by atoms with Crippen molar-refractivity contribution in [1.29, 1.82) is 0 Å². The molecule has 0 saturated carbocycles. The van der Waals surface area contributed by atoms with Gasteiger partial charge in [-0.1, -0.05) is 6.07 Å². The summed E-state index contributed by atoms with van der Waals surface area (Å²) in [6, 6.07) is 4.23. The minimum atomic E-state index is 0.0917. The Morgan fingerprint density at radius 1 is 1.39 bits per heavy atom. The first-order chi connectivity index (χ1) is 11.1. The Morgan fingerprint density at radius 2 is 2.17 bits per heavy atom. The molecule has 3 rings (SSSR count). The van der Waals surface area contributed by atoms with Crippen molar-refractivity contribution in [3.8, 4) is 0 Å². The maximum atomic E-state index is 13.0. The lowest BCUT2D eigenvalue weighted by atomic mass is 10.2. The smallest absolute Gasteiger partial charge is 0.320 e. The molecule has 128 valence electrons. The fraction of sp³-hybridized carbons (Fsp3) is 0.706. The van der Waals surface area contributed by atoms with Crippen LogP contribution in [0.1, 0.15) is 31.6 Å². The number of hydrogen-bond donors (Lipinski definition) is 0. The number of amides is 2. The highest BCUT2D eigenvalue weighted by atomic mass is 32.1. The topological polar surface area (TPSA) is 42.0 Å². The van der Waals surface area contributed by atoms with Crippen LogP contribution in [0.3, 0.4) is 0 Å². The van der Waals surface area contributed by atoms with Crippen molar-refractivity contribution in [3.05, 3.63) is 22.4 Å². The Bertz CT molecular complexity index is 492. The standard InChI is InChI=1S/C17H26N2O3S/c1-13-9-18(10-14(2)22-13)17(20)19(11-15-5-3-7-21-15)12-16-6-4-8-23-16/h4,6,8,13-15H,3,5,7,9-12H2,1-2H3/t13-,14+,15-/m0/s1. The third-order valence-corrected chi connectivity index (χ3v) is 5.20. The van der Waals surface area contributed by atoms with Crippen molar-refractivity contribution in [2.24, 2.45) is 0 Å². The average Bonchev–Trinajstić information content (AvgIpc) is 3.18. The van der Waals surface area contributed by atoms with Gasteiger partial charge in [0.05, 0.1) is 24.9 Å². The number of rotatable bonds is 4. The number of morpholine rings is 1. The third kappa shape index (κ3) is 4.46. The zero-order valence-electron chi connectivity index (χ0n) is 13.9. The zero-order valence-corrected chi connectivity index (χ0v) is 14.8. The molecule has 1 aromatic rings. The summed E-state index contributed by atoms with van der Waals surface area (Å²) in [6.07, 6.45) is 2.50. The first kappa shape index (κ1) is 16.7. The highest BCUT2D eigenvalue weighted by Crippen LogP contribution is 2.20. The second-order valence-corrected chi connectivity index (χ2v) is 7.57. The van der Waals surface area contributed by atoms with Gasteiger partial charge in [-0.3, -0.25) is 0 Å². The Hall–Kier alpha value is -1.11. The van der Waals surface area contributed by atoms with Crippen molar-refractivity contribution in [2.75, 3.05) is 26.2 Å². The van der Waals surface area contributed by atoms with E-state index < -0.39 is 0 Å². The molecule has 3 heterocycles. The van der Waals surface area contributed by atoms with Crippen molar-refractivity contribution < 1.29 is 14.3 Å². The number of urea groups is 1. The molecule has 0 aliphatic carbocycles. The van der Waals surface area contributed by atoms with Gasteiger partial charge in [0, 0.05) is 31.1 Å². The van der Waals surface area contributed by atoms with Crippen LogP contribution >= 0.6 is 11.3 Å². The maximum absolute atomic E-state index is 13.0. The zero-order chi connectivity index (χ0) is 16.2. The number of carbonyl (C=O) groups is 1. The molecule has 3 atom stereocenters. The summed E-state index contributed by atoms with van der Waals surface area (Å²) in [5, 5.41) is 2.06. The van der Waals surface area contributed by atoms with E-state index in [4.69, 9.17) is 9.47 Å². The molecule has 0 radical (unpaired) electrons. The van der Waals surface area contributed by atoms with Gasteiger partial charge in [-0.15, -0.1) is 11.3 Å². The molecule has 2 saturated heterocycles. The van der Waals surface area contributed by atoms with Crippen molar-refractivity contribution in [2.45, 2.75) is 51.5 Å². The van der Waals surface area contributed by atoms with Crippen molar-refractivity contribution in [1.82, 2.24) is 9.80 Å². The maximum Gasteiger partial charge on any atom is 0.320 e. The normalized spacial score (nSPS) is 28.1. The van der Waals surface area contributed by atoms with Crippen LogP contribution in [0.15, 0.2) is 17.5 Å². The summed E-state index contributed by atoms with van der Waals surface area (Å²) >= 11 is 1.70. The summed E-state index contributed by atoms with van der Waals surface area (Å²) in [5.74, 6) is 0. The molecule has 23 heavy (non-hydrogen) atoms. The number of ether oxygens (including phenoxy) is 2. The second-order valence-electron chi connectivity index (χ2n) is 6.54. The van der Waals surface area contributed by atoms with Crippen LogP contribution < -0.4 is 0 Å². The van der Waals surface area contributed by atoms with E-state index >= 15 is 0 Å². The van der Waals surface area contributed by atoms with Gasteiger partial charge in [-0.05, 0) is 38.1 Å². The molecular weight excluding hydrogens is 312 g/mol. The molecule has 2 aliphatic rings. The van der Waals surface area contributed by atoms with Gasteiger partial charge in [0.25, 0.3) is 0 Å². The Balaban J connectivity index is 1.68. The fourth-order valence-electron chi connectivity index (χ4n) is 3.37. The van der Waals surface area contributed by atoms with Gasteiger partial charge in [0.15, 0.2) is 0 Å². The molecular formula is C17H26N2O3S. The van der Waals surface area contributed by atoms with E-state index in [2.05, 4.69) is 11.4 Å². The predicted octanol–water partition coefficient (Wildman–Crippen LogP) is 2.96. The van der Waals surface area contributed by atoms with Crippen LogP contribution in [0, 0.1) is 0 Å². The van der Waals surface area contributed by atoms with Gasteiger partial charge in [-0.25, -0.2) is 4.79 Å². The van der Waals surface area contributed by atoms with Crippen LogP contribution in [-0.4, -0.2) is 60.4 Å². The van der Waals surface area contributed by atoms with Gasteiger partial charge in [-0.2, -0.15) is 0 Å². The van der Waals surface area contributed by atoms with E-state index in [1.165, 1.54) is 4.88 Å². The quantitative estimate of drug-likeness (QED) is 0.848.